The number of hydrogen-bond donors (Lipinski definition) is 0. The van der Waals surface area contributed by atoms with E-state index >= 15 is 0 Å². The molecule has 0 aliphatic heterocycles. The van der Waals surface area contributed by atoms with Gasteiger partial charge in [0.25, 0.3) is 0 Å². The number of halogens is 1. The second-order valence-electron chi connectivity index (χ2n) is 5.36. The van der Waals surface area contributed by atoms with Crippen LogP contribution in [0.1, 0.15) is 44.1 Å². The number of Topliss-reactive ketones (excluding diaryl/α,β-unsaturated/α-hetero) is 1. The van der Waals surface area contributed by atoms with E-state index in [0.717, 1.165) is 28.1 Å². The molecule has 0 heterocycles. The molecule has 1 aliphatic carbocycles. The van der Waals surface area contributed by atoms with Crippen molar-refractivity contribution in [2.45, 2.75) is 44.9 Å². The van der Waals surface area contributed by atoms with Crippen molar-refractivity contribution in [3.63, 3.8) is 0 Å². The highest BCUT2D eigenvalue weighted by Gasteiger charge is 2.16. The molecule has 3 heteroatoms. The van der Waals surface area contributed by atoms with Gasteiger partial charge in [-0.2, -0.15) is 0 Å². The highest BCUT2D eigenvalue weighted by molar-refractivity contribution is 9.10. The summed E-state index contributed by atoms with van der Waals surface area (Å²) in [5.74, 6) is 1.93. The van der Waals surface area contributed by atoms with Crippen molar-refractivity contribution in [2.75, 3.05) is 7.11 Å². The van der Waals surface area contributed by atoms with E-state index in [-0.39, 0.29) is 0 Å². The summed E-state index contributed by atoms with van der Waals surface area (Å²) in [6, 6.07) is 5.78. The highest BCUT2D eigenvalue weighted by Crippen LogP contribution is 2.29. The van der Waals surface area contributed by atoms with Gasteiger partial charge in [0.15, 0.2) is 0 Å². The van der Waals surface area contributed by atoms with Crippen LogP contribution in [0.25, 0.3) is 0 Å². The van der Waals surface area contributed by atoms with Crippen LogP contribution in [-0.2, 0) is 11.2 Å². The van der Waals surface area contributed by atoms with Gasteiger partial charge in [-0.1, -0.05) is 41.6 Å². The molecule has 1 aromatic carbocycles. The van der Waals surface area contributed by atoms with Crippen molar-refractivity contribution in [3.8, 4) is 5.75 Å². The van der Waals surface area contributed by atoms with Gasteiger partial charge >= 0.3 is 0 Å². The molecule has 0 aromatic heterocycles. The van der Waals surface area contributed by atoms with Crippen molar-refractivity contribution in [1.29, 1.82) is 0 Å². The lowest BCUT2D eigenvalue weighted by atomic mass is 9.97. The SMILES string of the molecule is COc1ccc(Br)c(CC(=O)CCC2CCCC2)c1. The lowest BCUT2D eigenvalue weighted by molar-refractivity contribution is -0.118. The molecular weight excluding hydrogens is 304 g/mol. The topological polar surface area (TPSA) is 26.3 Å². The van der Waals surface area contributed by atoms with E-state index in [1.807, 2.05) is 18.2 Å². The summed E-state index contributed by atoms with van der Waals surface area (Å²) in [6.07, 6.45) is 7.62. The molecule has 0 spiro atoms. The number of carbonyl (C=O) groups excluding carboxylic acids is 1. The molecule has 1 aromatic rings. The minimum Gasteiger partial charge on any atom is -0.497 e. The maximum atomic E-state index is 12.1. The lowest BCUT2D eigenvalue weighted by Crippen LogP contribution is -2.06. The molecule has 0 radical (unpaired) electrons. The molecule has 0 N–H and O–H groups in total. The Morgan fingerprint density at radius 3 is 2.79 bits per heavy atom. The van der Waals surface area contributed by atoms with E-state index in [0.29, 0.717) is 18.6 Å². The molecule has 2 rings (SSSR count). The number of rotatable bonds is 6. The fraction of sp³-hybridized carbons (Fsp3) is 0.562. The summed E-state index contributed by atoms with van der Waals surface area (Å²) in [4.78, 5) is 12.1. The zero-order valence-electron chi connectivity index (χ0n) is 11.5. The average Bonchev–Trinajstić information content (AvgIpc) is 2.92. The number of hydrogen-bond acceptors (Lipinski definition) is 2. The Labute approximate surface area is 123 Å². The molecule has 0 unspecified atom stereocenters. The second-order valence-corrected chi connectivity index (χ2v) is 6.22. The lowest BCUT2D eigenvalue weighted by Gasteiger charge is -2.09. The van der Waals surface area contributed by atoms with Gasteiger partial charge in [0.1, 0.15) is 11.5 Å². The molecule has 1 aliphatic rings. The predicted molar refractivity (Wildman–Crippen MR) is 80.6 cm³/mol. The van der Waals surface area contributed by atoms with Gasteiger partial charge in [-0.3, -0.25) is 4.79 Å². The van der Waals surface area contributed by atoms with Gasteiger partial charge in [-0.15, -0.1) is 0 Å². The molecule has 2 nitrogen and oxygen atoms in total. The molecule has 1 saturated carbocycles. The van der Waals surface area contributed by atoms with Crippen LogP contribution < -0.4 is 4.74 Å². The van der Waals surface area contributed by atoms with Crippen molar-refractivity contribution >= 4 is 21.7 Å². The molecular formula is C16H21BrO2. The monoisotopic (exact) mass is 324 g/mol. The van der Waals surface area contributed by atoms with E-state index in [1.165, 1.54) is 25.7 Å². The summed E-state index contributed by atoms with van der Waals surface area (Å²) in [5, 5.41) is 0. The average molecular weight is 325 g/mol. The van der Waals surface area contributed by atoms with Crippen LogP contribution in [0.4, 0.5) is 0 Å². The maximum absolute atomic E-state index is 12.1. The summed E-state index contributed by atoms with van der Waals surface area (Å²) in [5.41, 5.74) is 1.02. The molecule has 0 atom stereocenters. The number of methoxy groups -OCH3 is 1. The van der Waals surface area contributed by atoms with Gasteiger partial charge in [-0.05, 0) is 36.1 Å². The van der Waals surface area contributed by atoms with E-state index in [9.17, 15) is 4.79 Å². The summed E-state index contributed by atoms with van der Waals surface area (Å²) in [7, 11) is 1.65. The van der Waals surface area contributed by atoms with Gasteiger partial charge in [0.2, 0.25) is 0 Å². The third kappa shape index (κ3) is 4.34. The molecule has 1 fully saturated rings. The van der Waals surface area contributed by atoms with Crippen LogP contribution in [0.15, 0.2) is 22.7 Å². The number of carbonyl (C=O) groups is 1. The summed E-state index contributed by atoms with van der Waals surface area (Å²) >= 11 is 3.50. The highest BCUT2D eigenvalue weighted by atomic mass is 79.9. The Bertz CT molecular complexity index is 436. The van der Waals surface area contributed by atoms with Gasteiger partial charge < -0.3 is 4.74 Å². The maximum Gasteiger partial charge on any atom is 0.137 e. The smallest absolute Gasteiger partial charge is 0.137 e. The zero-order chi connectivity index (χ0) is 13.7. The first-order chi connectivity index (χ1) is 9.19. The Morgan fingerprint density at radius 2 is 2.11 bits per heavy atom. The van der Waals surface area contributed by atoms with E-state index in [1.54, 1.807) is 7.11 Å². The van der Waals surface area contributed by atoms with Gasteiger partial charge in [-0.25, -0.2) is 0 Å². The predicted octanol–water partition coefficient (Wildman–Crippen LogP) is 4.54. The van der Waals surface area contributed by atoms with Crippen LogP contribution >= 0.6 is 15.9 Å². The first-order valence-electron chi connectivity index (χ1n) is 7.03. The van der Waals surface area contributed by atoms with Gasteiger partial charge in [0.05, 0.1) is 7.11 Å². The zero-order valence-corrected chi connectivity index (χ0v) is 13.0. The summed E-state index contributed by atoms with van der Waals surface area (Å²) < 4.78 is 6.19. The Morgan fingerprint density at radius 1 is 1.37 bits per heavy atom. The first-order valence-corrected chi connectivity index (χ1v) is 7.82. The quantitative estimate of drug-likeness (QED) is 0.767. The third-order valence-corrected chi connectivity index (χ3v) is 4.72. The Hall–Kier alpha value is -0.830. The largest absolute Gasteiger partial charge is 0.497 e. The number of benzene rings is 1. The van der Waals surface area contributed by atoms with Crippen LogP contribution in [0.3, 0.4) is 0 Å². The first kappa shape index (κ1) is 14.6. The van der Waals surface area contributed by atoms with Crippen molar-refractivity contribution in [2.24, 2.45) is 5.92 Å². The Kier molecular flexibility index (Phi) is 5.44. The molecule has 19 heavy (non-hydrogen) atoms. The van der Waals surface area contributed by atoms with Crippen LogP contribution in [0.5, 0.6) is 5.75 Å². The standard InChI is InChI=1S/C16H21BrO2/c1-19-15-8-9-16(17)13(11-15)10-14(18)7-6-12-4-2-3-5-12/h8-9,11-12H,2-7,10H2,1H3. The fourth-order valence-corrected chi connectivity index (χ4v) is 3.17. The number of ketones is 1. The number of ether oxygens (including phenoxy) is 1. The van der Waals surface area contributed by atoms with Crippen molar-refractivity contribution in [1.82, 2.24) is 0 Å². The Balaban J connectivity index is 1.87. The van der Waals surface area contributed by atoms with Crippen LogP contribution in [0.2, 0.25) is 0 Å². The molecule has 104 valence electrons. The molecule has 0 saturated heterocycles. The van der Waals surface area contributed by atoms with E-state index in [2.05, 4.69) is 15.9 Å². The minimum absolute atomic E-state index is 0.334. The van der Waals surface area contributed by atoms with Gasteiger partial charge in [0, 0.05) is 17.3 Å². The van der Waals surface area contributed by atoms with Crippen LogP contribution in [-0.4, -0.2) is 12.9 Å². The molecule has 0 amide bonds. The van der Waals surface area contributed by atoms with E-state index in [4.69, 9.17) is 4.74 Å². The van der Waals surface area contributed by atoms with Crippen molar-refractivity contribution < 1.29 is 9.53 Å². The third-order valence-electron chi connectivity index (χ3n) is 3.95. The minimum atomic E-state index is 0.334. The normalized spacial score (nSPS) is 15.7. The molecule has 0 bridgehead atoms. The fourth-order valence-electron chi connectivity index (χ4n) is 2.78. The summed E-state index contributed by atoms with van der Waals surface area (Å²) in [6.45, 7) is 0. The second kappa shape index (κ2) is 7.09. The van der Waals surface area contributed by atoms with E-state index < -0.39 is 0 Å². The van der Waals surface area contributed by atoms with Crippen LogP contribution in [0, 0.1) is 5.92 Å². The van der Waals surface area contributed by atoms with Crippen molar-refractivity contribution in [3.05, 3.63) is 28.2 Å².